The van der Waals surface area contributed by atoms with Crippen LogP contribution in [-0.4, -0.2) is 43.8 Å². The molecule has 0 spiro atoms. The maximum absolute atomic E-state index is 12.4. The van der Waals surface area contributed by atoms with Crippen LogP contribution in [0.25, 0.3) is 0 Å². The lowest BCUT2D eigenvalue weighted by Crippen LogP contribution is -2.38. The predicted octanol–water partition coefficient (Wildman–Crippen LogP) is 1.44. The van der Waals surface area contributed by atoms with E-state index < -0.39 is 28.0 Å². The summed E-state index contributed by atoms with van der Waals surface area (Å²) in [5.41, 5.74) is -0.901. The molecule has 1 aliphatic heterocycles. The minimum absolute atomic E-state index is 0.195. The number of anilines is 1. The predicted molar refractivity (Wildman–Crippen MR) is 68.2 cm³/mol. The molecule has 0 unspecified atom stereocenters. The number of halogens is 3. The third-order valence-electron chi connectivity index (χ3n) is 3.00. The van der Waals surface area contributed by atoms with Gasteiger partial charge in [-0.05, 0) is 12.8 Å². The fraction of sp³-hybridized carbons (Fsp3) is 0.636. The maximum Gasteiger partial charge on any atom is 0.419 e. The third kappa shape index (κ3) is 4.53. The van der Waals surface area contributed by atoms with Gasteiger partial charge in [0.05, 0.1) is 17.9 Å². The average Bonchev–Trinajstić information content (AvgIpc) is 2.37. The summed E-state index contributed by atoms with van der Waals surface area (Å²) in [6.07, 6.45) is -1.53. The Hall–Kier alpha value is -1.42. The van der Waals surface area contributed by atoms with Crippen LogP contribution in [0.4, 0.5) is 19.1 Å². The minimum Gasteiger partial charge on any atom is -0.341 e. The second-order valence-corrected chi connectivity index (χ2v) is 6.36. The molecule has 118 valence electrons. The number of rotatable bonds is 3. The summed E-state index contributed by atoms with van der Waals surface area (Å²) in [4.78, 5) is 9.11. The zero-order valence-corrected chi connectivity index (χ0v) is 12.0. The molecule has 1 saturated heterocycles. The van der Waals surface area contributed by atoms with Crippen LogP contribution in [-0.2, 0) is 20.5 Å². The van der Waals surface area contributed by atoms with Crippen molar-refractivity contribution in [1.82, 2.24) is 9.97 Å². The standard InChI is InChI=1S/C11H14F3N3O3S/c1-21(18,19)20-9-2-4-17(5-3-9)10-15-6-8(7-16-10)11(12,13)14/h6-7,9H,2-5H2,1H3. The van der Waals surface area contributed by atoms with E-state index in [-0.39, 0.29) is 5.95 Å². The van der Waals surface area contributed by atoms with Gasteiger partial charge in [0.2, 0.25) is 5.95 Å². The van der Waals surface area contributed by atoms with Crippen LogP contribution in [0.5, 0.6) is 0 Å². The second-order valence-electron chi connectivity index (χ2n) is 4.76. The lowest BCUT2D eigenvalue weighted by Gasteiger charge is -2.31. The molecule has 0 saturated carbocycles. The molecule has 1 aromatic heterocycles. The van der Waals surface area contributed by atoms with Crippen molar-refractivity contribution >= 4 is 16.1 Å². The largest absolute Gasteiger partial charge is 0.419 e. The molecule has 0 atom stereocenters. The molecule has 2 rings (SSSR count). The Labute approximate surface area is 120 Å². The molecule has 1 fully saturated rings. The van der Waals surface area contributed by atoms with Gasteiger partial charge in [0, 0.05) is 25.5 Å². The molecule has 6 nitrogen and oxygen atoms in total. The minimum atomic E-state index is -4.46. The van der Waals surface area contributed by atoms with Gasteiger partial charge in [-0.25, -0.2) is 9.97 Å². The Morgan fingerprint density at radius 3 is 2.19 bits per heavy atom. The average molecular weight is 325 g/mol. The first-order valence-electron chi connectivity index (χ1n) is 6.17. The number of piperidine rings is 1. The molecular formula is C11H14F3N3O3S. The van der Waals surface area contributed by atoms with Crippen molar-refractivity contribution in [2.45, 2.75) is 25.1 Å². The van der Waals surface area contributed by atoms with Crippen LogP contribution < -0.4 is 4.90 Å². The highest BCUT2D eigenvalue weighted by molar-refractivity contribution is 7.86. The van der Waals surface area contributed by atoms with Crippen molar-refractivity contribution in [2.24, 2.45) is 0 Å². The van der Waals surface area contributed by atoms with Gasteiger partial charge >= 0.3 is 6.18 Å². The molecule has 0 aromatic carbocycles. The lowest BCUT2D eigenvalue weighted by atomic mass is 10.1. The zero-order valence-electron chi connectivity index (χ0n) is 11.2. The molecule has 1 aliphatic rings. The summed E-state index contributed by atoms with van der Waals surface area (Å²) in [6.45, 7) is 0.844. The molecule has 2 heterocycles. The maximum atomic E-state index is 12.4. The summed E-state index contributed by atoms with van der Waals surface area (Å²) >= 11 is 0. The monoisotopic (exact) mass is 325 g/mol. The van der Waals surface area contributed by atoms with Crippen LogP contribution in [0.15, 0.2) is 12.4 Å². The van der Waals surface area contributed by atoms with Gasteiger partial charge in [-0.2, -0.15) is 21.6 Å². The van der Waals surface area contributed by atoms with Crippen molar-refractivity contribution in [3.63, 3.8) is 0 Å². The highest BCUT2D eigenvalue weighted by atomic mass is 32.2. The van der Waals surface area contributed by atoms with E-state index in [0.29, 0.717) is 25.9 Å². The van der Waals surface area contributed by atoms with Crippen LogP contribution in [0.1, 0.15) is 18.4 Å². The Bertz CT molecular complexity index is 581. The molecule has 0 radical (unpaired) electrons. The topological polar surface area (TPSA) is 72.4 Å². The molecule has 1 aromatic rings. The smallest absolute Gasteiger partial charge is 0.341 e. The van der Waals surface area contributed by atoms with Gasteiger partial charge in [0.15, 0.2) is 0 Å². The van der Waals surface area contributed by atoms with Crippen molar-refractivity contribution in [3.05, 3.63) is 18.0 Å². The van der Waals surface area contributed by atoms with E-state index in [1.807, 2.05) is 0 Å². The third-order valence-corrected chi connectivity index (χ3v) is 3.62. The van der Waals surface area contributed by atoms with Gasteiger partial charge in [-0.15, -0.1) is 0 Å². The number of aromatic nitrogens is 2. The summed E-state index contributed by atoms with van der Waals surface area (Å²) in [7, 11) is -3.50. The Balaban J connectivity index is 1.96. The Morgan fingerprint density at radius 1 is 1.24 bits per heavy atom. The van der Waals surface area contributed by atoms with Gasteiger partial charge in [-0.1, -0.05) is 0 Å². The van der Waals surface area contributed by atoms with E-state index in [4.69, 9.17) is 4.18 Å². The molecule has 0 aliphatic carbocycles. The van der Waals surface area contributed by atoms with Crippen molar-refractivity contribution in [3.8, 4) is 0 Å². The molecule has 0 N–H and O–H groups in total. The highest BCUT2D eigenvalue weighted by Crippen LogP contribution is 2.28. The number of alkyl halides is 3. The van der Waals surface area contributed by atoms with Crippen molar-refractivity contribution < 1.29 is 25.8 Å². The number of hydrogen-bond acceptors (Lipinski definition) is 6. The summed E-state index contributed by atoms with van der Waals surface area (Å²) in [6, 6.07) is 0. The van der Waals surface area contributed by atoms with Crippen LogP contribution in [0, 0.1) is 0 Å². The first-order valence-corrected chi connectivity index (χ1v) is 7.99. The van der Waals surface area contributed by atoms with Crippen LogP contribution in [0.2, 0.25) is 0 Å². The summed E-state index contributed by atoms with van der Waals surface area (Å²) < 4.78 is 64.1. The van der Waals surface area contributed by atoms with E-state index in [2.05, 4.69) is 9.97 Å². The van der Waals surface area contributed by atoms with Crippen LogP contribution in [0.3, 0.4) is 0 Å². The fourth-order valence-corrected chi connectivity index (χ4v) is 2.72. The van der Waals surface area contributed by atoms with Crippen molar-refractivity contribution in [2.75, 3.05) is 24.2 Å². The molecule has 21 heavy (non-hydrogen) atoms. The molecule has 0 bridgehead atoms. The van der Waals surface area contributed by atoms with E-state index in [9.17, 15) is 21.6 Å². The van der Waals surface area contributed by atoms with Crippen LogP contribution >= 0.6 is 0 Å². The van der Waals surface area contributed by atoms with Gasteiger partial charge in [0.1, 0.15) is 0 Å². The Morgan fingerprint density at radius 2 is 1.76 bits per heavy atom. The fourth-order valence-electron chi connectivity index (χ4n) is 2.03. The first kappa shape index (κ1) is 16.0. The van der Waals surface area contributed by atoms with Gasteiger partial charge in [0.25, 0.3) is 10.1 Å². The van der Waals surface area contributed by atoms with E-state index in [1.54, 1.807) is 4.90 Å². The molecule has 0 amide bonds. The zero-order chi connectivity index (χ0) is 15.7. The number of hydrogen-bond donors (Lipinski definition) is 0. The summed E-state index contributed by atoms with van der Waals surface area (Å²) in [5, 5.41) is 0. The van der Waals surface area contributed by atoms with E-state index in [0.717, 1.165) is 18.6 Å². The normalized spacial score (nSPS) is 18.0. The van der Waals surface area contributed by atoms with E-state index in [1.165, 1.54) is 0 Å². The SMILES string of the molecule is CS(=O)(=O)OC1CCN(c2ncc(C(F)(F)F)cn2)CC1. The van der Waals surface area contributed by atoms with Gasteiger partial charge in [-0.3, -0.25) is 4.18 Å². The van der Waals surface area contributed by atoms with Crippen molar-refractivity contribution in [1.29, 1.82) is 0 Å². The van der Waals surface area contributed by atoms with Gasteiger partial charge < -0.3 is 4.90 Å². The molecular weight excluding hydrogens is 311 g/mol. The second kappa shape index (κ2) is 5.76. The Kier molecular flexibility index (Phi) is 4.38. The summed E-state index contributed by atoms with van der Waals surface area (Å²) in [5.74, 6) is 0.195. The quantitative estimate of drug-likeness (QED) is 0.783. The molecule has 10 heteroatoms. The first-order chi connectivity index (χ1) is 9.65. The lowest BCUT2D eigenvalue weighted by molar-refractivity contribution is -0.138. The number of nitrogens with zero attached hydrogens (tertiary/aromatic N) is 3. The van der Waals surface area contributed by atoms with E-state index >= 15 is 0 Å². The highest BCUT2D eigenvalue weighted by Gasteiger charge is 2.32.